The third kappa shape index (κ3) is 5.05. The first kappa shape index (κ1) is 20.2. The second-order valence-corrected chi connectivity index (χ2v) is 7.00. The predicted molar refractivity (Wildman–Crippen MR) is 116 cm³/mol. The zero-order chi connectivity index (χ0) is 19.9. The SMILES string of the molecule is COc1cccc(CN2CCN(C(=S)Nc3ccc(OC)cc3OC)CC2)c1. The standard InChI is InChI=1S/C21H27N3O3S/c1-25-17-6-4-5-16(13-17)15-23-9-11-24(12-10-23)21(28)22-19-8-7-18(26-2)14-20(19)27-3/h4-8,13-14H,9-12,15H2,1-3H3,(H,22,28). The molecule has 0 bridgehead atoms. The molecule has 2 aromatic carbocycles. The van der Waals surface area contributed by atoms with E-state index >= 15 is 0 Å². The Morgan fingerprint density at radius 1 is 0.929 bits per heavy atom. The lowest BCUT2D eigenvalue weighted by atomic mass is 10.2. The number of nitrogens with zero attached hydrogens (tertiary/aromatic N) is 2. The fourth-order valence-electron chi connectivity index (χ4n) is 3.23. The van der Waals surface area contributed by atoms with E-state index in [4.69, 9.17) is 26.4 Å². The van der Waals surface area contributed by atoms with Crippen molar-refractivity contribution < 1.29 is 14.2 Å². The number of hydrogen-bond acceptors (Lipinski definition) is 5. The number of ether oxygens (including phenoxy) is 3. The first-order valence-corrected chi connectivity index (χ1v) is 9.67. The van der Waals surface area contributed by atoms with Crippen LogP contribution in [-0.4, -0.2) is 62.4 Å². The van der Waals surface area contributed by atoms with Crippen LogP contribution in [0.25, 0.3) is 0 Å². The maximum absolute atomic E-state index is 5.62. The molecule has 1 aliphatic heterocycles. The Bertz CT molecular complexity index is 807. The second kappa shape index (κ2) is 9.61. The fraction of sp³-hybridized carbons (Fsp3) is 0.381. The van der Waals surface area contributed by atoms with E-state index in [-0.39, 0.29) is 0 Å². The van der Waals surface area contributed by atoms with E-state index in [0.29, 0.717) is 10.9 Å². The van der Waals surface area contributed by atoms with Crippen LogP contribution >= 0.6 is 12.2 Å². The summed E-state index contributed by atoms with van der Waals surface area (Å²) in [5.74, 6) is 2.35. The van der Waals surface area contributed by atoms with Crippen molar-refractivity contribution in [3.63, 3.8) is 0 Å². The van der Waals surface area contributed by atoms with E-state index in [2.05, 4.69) is 27.2 Å². The molecule has 0 spiro atoms. The van der Waals surface area contributed by atoms with Gasteiger partial charge in [-0.15, -0.1) is 0 Å². The topological polar surface area (TPSA) is 46.2 Å². The summed E-state index contributed by atoms with van der Waals surface area (Å²) in [7, 11) is 4.97. The zero-order valence-corrected chi connectivity index (χ0v) is 17.4. The molecule has 1 saturated heterocycles. The second-order valence-electron chi connectivity index (χ2n) is 6.61. The van der Waals surface area contributed by atoms with Crippen molar-refractivity contribution >= 4 is 23.0 Å². The highest BCUT2D eigenvalue weighted by molar-refractivity contribution is 7.80. The molecule has 6 nitrogen and oxygen atoms in total. The number of hydrogen-bond donors (Lipinski definition) is 1. The average molecular weight is 402 g/mol. The van der Waals surface area contributed by atoms with Gasteiger partial charge in [0.05, 0.1) is 27.0 Å². The molecule has 7 heteroatoms. The Morgan fingerprint density at radius 2 is 1.64 bits per heavy atom. The van der Waals surface area contributed by atoms with Gasteiger partial charge in [-0.2, -0.15) is 0 Å². The van der Waals surface area contributed by atoms with Gasteiger partial charge in [-0.05, 0) is 42.0 Å². The molecule has 0 aliphatic carbocycles. The Balaban J connectivity index is 1.54. The van der Waals surface area contributed by atoms with E-state index in [9.17, 15) is 0 Å². The number of anilines is 1. The molecule has 0 atom stereocenters. The molecule has 1 aliphatic rings. The third-order valence-electron chi connectivity index (χ3n) is 4.85. The van der Waals surface area contributed by atoms with Crippen LogP contribution in [-0.2, 0) is 6.54 Å². The number of methoxy groups -OCH3 is 3. The van der Waals surface area contributed by atoms with Gasteiger partial charge in [-0.1, -0.05) is 12.1 Å². The van der Waals surface area contributed by atoms with E-state index in [0.717, 1.165) is 49.9 Å². The van der Waals surface area contributed by atoms with E-state index in [1.165, 1.54) is 5.56 Å². The van der Waals surface area contributed by atoms with Gasteiger partial charge in [0, 0.05) is 38.8 Å². The highest BCUT2D eigenvalue weighted by Crippen LogP contribution is 2.29. The van der Waals surface area contributed by atoms with Crippen molar-refractivity contribution in [2.45, 2.75) is 6.54 Å². The number of piperazine rings is 1. The number of nitrogens with one attached hydrogen (secondary N) is 1. The Hall–Kier alpha value is -2.51. The molecule has 150 valence electrons. The van der Waals surface area contributed by atoms with E-state index in [1.54, 1.807) is 21.3 Å². The summed E-state index contributed by atoms with van der Waals surface area (Å²) in [6, 6.07) is 13.9. The minimum Gasteiger partial charge on any atom is -0.497 e. The maximum Gasteiger partial charge on any atom is 0.173 e. The molecular formula is C21H27N3O3S. The van der Waals surface area contributed by atoms with Crippen molar-refractivity contribution in [3.8, 4) is 17.2 Å². The molecule has 3 rings (SSSR count). The van der Waals surface area contributed by atoms with Gasteiger partial charge >= 0.3 is 0 Å². The summed E-state index contributed by atoms with van der Waals surface area (Å²) < 4.78 is 16.0. The molecule has 1 fully saturated rings. The highest BCUT2D eigenvalue weighted by atomic mass is 32.1. The first-order valence-electron chi connectivity index (χ1n) is 9.26. The summed E-state index contributed by atoms with van der Waals surface area (Å²) >= 11 is 5.62. The Kier molecular flexibility index (Phi) is 6.95. The summed E-state index contributed by atoms with van der Waals surface area (Å²) in [6.45, 7) is 4.59. The fourth-order valence-corrected chi connectivity index (χ4v) is 3.53. The van der Waals surface area contributed by atoms with E-state index in [1.807, 2.05) is 30.3 Å². The van der Waals surface area contributed by atoms with Crippen LogP contribution in [0.4, 0.5) is 5.69 Å². The lowest BCUT2D eigenvalue weighted by Gasteiger charge is -2.36. The summed E-state index contributed by atoms with van der Waals surface area (Å²) in [6.07, 6.45) is 0. The highest BCUT2D eigenvalue weighted by Gasteiger charge is 2.20. The van der Waals surface area contributed by atoms with Crippen molar-refractivity contribution in [1.29, 1.82) is 0 Å². The van der Waals surface area contributed by atoms with Crippen LogP contribution in [0.2, 0.25) is 0 Å². The van der Waals surface area contributed by atoms with Crippen molar-refractivity contribution in [1.82, 2.24) is 9.80 Å². The van der Waals surface area contributed by atoms with Gasteiger partial charge in [-0.25, -0.2) is 0 Å². The first-order chi connectivity index (χ1) is 13.6. The van der Waals surface area contributed by atoms with Crippen molar-refractivity contribution in [2.75, 3.05) is 52.8 Å². The van der Waals surface area contributed by atoms with Crippen LogP contribution in [0.15, 0.2) is 42.5 Å². The molecule has 0 amide bonds. The number of rotatable bonds is 6. The molecule has 2 aromatic rings. The van der Waals surface area contributed by atoms with Crippen molar-refractivity contribution in [2.24, 2.45) is 0 Å². The van der Waals surface area contributed by atoms with Crippen LogP contribution in [0.1, 0.15) is 5.56 Å². The summed E-state index contributed by atoms with van der Waals surface area (Å²) in [5.41, 5.74) is 2.10. The lowest BCUT2D eigenvalue weighted by Crippen LogP contribution is -2.49. The molecular weight excluding hydrogens is 374 g/mol. The largest absolute Gasteiger partial charge is 0.497 e. The van der Waals surface area contributed by atoms with Crippen LogP contribution in [0, 0.1) is 0 Å². The van der Waals surface area contributed by atoms with Crippen LogP contribution < -0.4 is 19.5 Å². The molecule has 1 N–H and O–H groups in total. The average Bonchev–Trinajstić information content (AvgIpc) is 2.74. The third-order valence-corrected chi connectivity index (χ3v) is 5.21. The maximum atomic E-state index is 5.62. The Labute approximate surface area is 172 Å². The normalized spacial score (nSPS) is 14.5. The van der Waals surface area contributed by atoms with Crippen molar-refractivity contribution in [3.05, 3.63) is 48.0 Å². The monoisotopic (exact) mass is 401 g/mol. The van der Waals surface area contributed by atoms with Gasteiger partial charge in [0.1, 0.15) is 17.2 Å². The zero-order valence-electron chi connectivity index (χ0n) is 16.6. The molecule has 28 heavy (non-hydrogen) atoms. The van der Waals surface area contributed by atoms with Gasteiger partial charge in [0.25, 0.3) is 0 Å². The molecule has 0 radical (unpaired) electrons. The minimum absolute atomic E-state index is 0.707. The predicted octanol–water partition coefficient (Wildman–Crippen LogP) is 3.23. The van der Waals surface area contributed by atoms with Crippen LogP contribution in [0.3, 0.4) is 0 Å². The molecule has 1 heterocycles. The lowest BCUT2D eigenvalue weighted by molar-refractivity contribution is 0.177. The molecule has 0 saturated carbocycles. The molecule has 0 unspecified atom stereocenters. The Morgan fingerprint density at radius 3 is 2.32 bits per heavy atom. The number of thiocarbonyl (C=S) groups is 1. The quantitative estimate of drug-likeness (QED) is 0.746. The molecule has 0 aromatic heterocycles. The van der Waals surface area contributed by atoms with Gasteiger partial charge in [0.15, 0.2) is 5.11 Å². The van der Waals surface area contributed by atoms with E-state index < -0.39 is 0 Å². The van der Waals surface area contributed by atoms with Gasteiger partial charge < -0.3 is 24.4 Å². The van der Waals surface area contributed by atoms with Gasteiger partial charge in [0.2, 0.25) is 0 Å². The summed E-state index contributed by atoms with van der Waals surface area (Å²) in [4.78, 5) is 4.63. The van der Waals surface area contributed by atoms with Gasteiger partial charge in [-0.3, -0.25) is 4.90 Å². The summed E-state index contributed by atoms with van der Waals surface area (Å²) in [5, 5.41) is 4.02. The number of benzene rings is 2. The minimum atomic E-state index is 0.707. The smallest absolute Gasteiger partial charge is 0.173 e. The van der Waals surface area contributed by atoms with Crippen LogP contribution in [0.5, 0.6) is 17.2 Å².